The summed E-state index contributed by atoms with van der Waals surface area (Å²) in [7, 11) is 0. The molecule has 0 aromatic rings. The molecule has 0 unspecified atom stereocenters. The molecule has 3 rings (SSSR count). The molecular weight excluding hydrogens is 338 g/mol. The number of allylic oxidation sites excluding steroid dienone is 2. The van der Waals surface area contributed by atoms with Gasteiger partial charge in [-0.15, -0.1) is 0 Å². The van der Waals surface area contributed by atoms with Crippen molar-refractivity contribution in [3.63, 3.8) is 0 Å². The van der Waals surface area contributed by atoms with Gasteiger partial charge < -0.3 is 15.2 Å². The number of nitrogens with two attached hydrogens (primary N) is 1. The van der Waals surface area contributed by atoms with Gasteiger partial charge in [0.05, 0.1) is 18.3 Å². The second kappa shape index (κ2) is 11.2. The van der Waals surface area contributed by atoms with E-state index in [4.69, 9.17) is 15.2 Å². The quantitative estimate of drug-likeness (QED) is 0.388. The van der Waals surface area contributed by atoms with Gasteiger partial charge >= 0.3 is 0 Å². The molecule has 2 N–H and O–H groups in total. The van der Waals surface area contributed by atoms with Gasteiger partial charge in [0.25, 0.3) is 0 Å². The van der Waals surface area contributed by atoms with Crippen molar-refractivity contribution in [2.24, 2.45) is 17.6 Å². The van der Waals surface area contributed by atoms with Crippen molar-refractivity contribution in [1.82, 2.24) is 0 Å². The number of amides is 1. The van der Waals surface area contributed by atoms with Crippen molar-refractivity contribution in [2.75, 3.05) is 6.61 Å². The van der Waals surface area contributed by atoms with Crippen LogP contribution in [0.15, 0.2) is 12.2 Å². The number of unbranched alkanes of at least 4 members (excludes halogenated alkanes) is 2. The number of hydrogen-bond donors (Lipinski definition) is 1. The molecule has 3 aliphatic rings. The Bertz CT molecular complexity index is 472. The first-order chi connectivity index (χ1) is 13.2. The molecule has 4 heteroatoms. The smallest absolute Gasteiger partial charge is 0.217 e. The fourth-order valence-corrected chi connectivity index (χ4v) is 5.33. The van der Waals surface area contributed by atoms with Gasteiger partial charge in [0, 0.05) is 13.0 Å². The predicted octanol–water partition coefficient (Wildman–Crippen LogP) is 4.90. The van der Waals surface area contributed by atoms with Crippen LogP contribution in [0, 0.1) is 11.8 Å². The molecule has 2 bridgehead atoms. The zero-order valence-corrected chi connectivity index (χ0v) is 17.0. The summed E-state index contributed by atoms with van der Waals surface area (Å²) in [5.74, 6) is 1.22. The monoisotopic (exact) mass is 377 g/mol. The normalized spacial score (nSPS) is 31.1. The Morgan fingerprint density at radius 2 is 1.74 bits per heavy atom. The highest BCUT2D eigenvalue weighted by atomic mass is 16.5. The molecule has 1 amide bonds. The molecule has 2 saturated heterocycles. The molecule has 0 aromatic carbocycles. The fourth-order valence-electron chi connectivity index (χ4n) is 5.33. The maximum absolute atomic E-state index is 10.8. The molecule has 2 aliphatic heterocycles. The van der Waals surface area contributed by atoms with E-state index in [1.54, 1.807) is 0 Å². The Morgan fingerprint density at radius 3 is 2.52 bits per heavy atom. The van der Waals surface area contributed by atoms with Crippen molar-refractivity contribution >= 4 is 5.91 Å². The summed E-state index contributed by atoms with van der Waals surface area (Å²) in [5, 5.41) is 0. The maximum Gasteiger partial charge on any atom is 0.217 e. The van der Waals surface area contributed by atoms with Crippen LogP contribution in [-0.2, 0) is 14.3 Å². The lowest BCUT2D eigenvalue weighted by molar-refractivity contribution is -0.118. The summed E-state index contributed by atoms with van der Waals surface area (Å²) in [4.78, 5) is 10.8. The van der Waals surface area contributed by atoms with Crippen molar-refractivity contribution in [3.8, 4) is 0 Å². The molecule has 0 spiro atoms. The summed E-state index contributed by atoms with van der Waals surface area (Å²) in [6.07, 6.45) is 22.4. The summed E-state index contributed by atoms with van der Waals surface area (Å²) >= 11 is 0. The number of carbonyl (C=O) groups excluding carboxylic acids is 1. The first kappa shape index (κ1) is 20.9. The summed E-state index contributed by atoms with van der Waals surface area (Å²) in [6.45, 7) is 0.941. The fraction of sp³-hybridized carbons (Fsp3) is 0.870. The Labute approximate surface area is 165 Å². The minimum Gasteiger partial charge on any atom is -0.378 e. The lowest BCUT2D eigenvalue weighted by Crippen LogP contribution is -2.27. The van der Waals surface area contributed by atoms with Gasteiger partial charge in [0.1, 0.15) is 0 Å². The van der Waals surface area contributed by atoms with Crippen LogP contribution >= 0.6 is 0 Å². The van der Waals surface area contributed by atoms with Crippen LogP contribution in [0.4, 0.5) is 0 Å². The van der Waals surface area contributed by atoms with Crippen molar-refractivity contribution in [3.05, 3.63) is 12.2 Å². The lowest BCUT2D eigenvalue weighted by Gasteiger charge is -2.27. The second-order valence-electron chi connectivity index (χ2n) is 8.81. The molecule has 1 aliphatic carbocycles. The van der Waals surface area contributed by atoms with Gasteiger partial charge in [-0.3, -0.25) is 4.79 Å². The van der Waals surface area contributed by atoms with E-state index in [1.807, 2.05) is 0 Å². The van der Waals surface area contributed by atoms with E-state index in [1.165, 1.54) is 64.2 Å². The van der Waals surface area contributed by atoms with Crippen LogP contribution in [0.5, 0.6) is 0 Å². The molecule has 4 nitrogen and oxygen atoms in total. The molecule has 0 radical (unpaired) electrons. The van der Waals surface area contributed by atoms with Gasteiger partial charge in [-0.1, -0.05) is 37.8 Å². The van der Waals surface area contributed by atoms with E-state index >= 15 is 0 Å². The zero-order valence-electron chi connectivity index (χ0n) is 17.0. The van der Waals surface area contributed by atoms with Crippen LogP contribution in [0.25, 0.3) is 0 Å². The average Bonchev–Trinajstić information content (AvgIpc) is 3.27. The molecule has 1 saturated carbocycles. The van der Waals surface area contributed by atoms with Crippen molar-refractivity contribution < 1.29 is 14.3 Å². The summed E-state index contributed by atoms with van der Waals surface area (Å²) < 4.78 is 12.3. The van der Waals surface area contributed by atoms with Gasteiger partial charge in [0.2, 0.25) is 5.91 Å². The third-order valence-corrected chi connectivity index (χ3v) is 6.80. The molecule has 154 valence electrons. The highest BCUT2D eigenvalue weighted by Crippen LogP contribution is 2.47. The van der Waals surface area contributed by atoms with E-state index in [2.05, 4.69) is 12.2 Å². The van der Waals surface area contributed by atoms with Crippen LogP contribution in [-0.4, -0.2) is 30.8 Å². The van der Waals surface area contributed by atoms with E-state index in [0.29, 0.717) is 30.7 Å². The molecule has 27 heavy (non-hydrogen) atoms. The summed E-state index contributed by atoms with van der Waals surface area (Å²) in [6, 6.07) is 0. The lowest BCUT2D eigenvalue weighted by atomic mass is 9.75. The Hall–Kier alpha value is -0.870. The molecule has 2 heterocycles. The summed E-state index contributed by atoms with van der Waals surface area (Å²) in [5.41, 5.74) is 5.19. The van der Waals surface area contributed by atoms with Crippen LogP contribution in [0.1, 0.15) is 89.9 Å². The predicted molar refractivity (Wildman–Crippen MR) is 108 cm³/mol. The Kier molecular flexibility index (Phi) is 8.66. The third-order valence-electron chi connectivity index (χ3n) is 6.80. The van der Waals surface area contributed by atoms with Gasteiger partial charge in [0.15, 0.2) is 0 Å². The SMILES string of the molecule is NC(=O)CCC/C=C\C[C@H]1[C@@H](CCCCOC2CCCCC2)[C@H]2CC[C@@H]1O2. The maximum atomic E-state index is 10.8. The minimum absolute atomic E-state index is 0.197. The van der Waals surface area contributed by atoms with Crippen molar-refractivity contribution in [1.29, 1.82) is 0 Å². The second-order valence-corrected chi connectivity index (χ2v) is 8.81. The highest BCUT2D eigenvalue weighted by Gasteiger charge is 2.47. The number of hydrogen-bond acceptors (Lipinski definition) is 3. The van der Waals surface area contributed by atoms with Gasteiger partial charge in [-0.05, 0) is 69.6 Å². The number of rotatable bonds is 12. The van der Waals surface area contributed by atoms with E-state index in [9.17, 15) is 4.79 Å². The Morgan fingerprint density at radius 1 is 0.963 bits per heavy atom. The van der Waals surface area contributed by atoms with Crippen LogP contribution in [0.2, 0.25) is 0 Å². The minimum atomic E-state index is -0.197. The molecule has 3 fully saturated rings. The largest absolute Gasteiger partial charge is 0.378 e. The van der Waals surface area contributed by atoms with Gasteiger partial charge in [-0.2, -0.15) is 0 Å². The Balaban J connectivity index is 1.31. The van der Waals surface area contributed by atoms with Crippen LogP contribution < -0.4 is 5.73 Å². The van der Waals surface area contributed by atoms with Gasteiger partial charge in [-0.25, -0.2) is 0 Å². The number of carbonyl (C=O) groups is 1. The van der Waals surface area contributed by atoms with Crippen molar-refractivity contribution in [2.45, 2.75) is 108 Å². The van der Waals surface area contributed by atoms with E-state index in [0.717, 1.165) is 31.8 Å². The van der Waals surface area contributed by atoms with Crippen LogP contribution in [0.3, 0.4) is 0 Å². The first-order valence-electron chi connectivity index (χ1n) is 11.4. The molecular formula is C23H39NO3. The number of primary amides is 1. The molecule has 0 aromatic heterocycles. The average molecular weight is 378 g/mol. The molecule has 4 atom stereocenters. The van der Waals surface area contributed by atoms with E-state index < -0.39 is 0 Å². The number of fused-ring (bicyclic) bond motifs is 2. The van der Waals surface area contributed by atoms with E-state index in [-0.39, 0.29) is 5.91 Å². The highest BCUT2D eigenvalue weighted by molar-refractivity contribution is 5.73. The standard InChI is InChI=1S/C23H39NO3/c24-23(25)14-7-2-1-6-12-19-20(22-16-15-21(19)27-22)13-8-9-17-26-18-10-4-3-5-11-18/h1,6,18-22H,2-5,7-17H2,(H2,24,25)/b6-1-/t19-,20+,21-,22+/m0/s1. The third kappa shape index (κ3) is 6.60. The number of ether oxygens (including phenoxy) is 2. The topological polar surface area (TPSA) is 61.6 Å². The zero-order chi connectivity index (χ0) is 18.9. The first-order valence-corrected chi connectivity index (χ1v) is 11.4.